The van der Waals surface area contributed by atoms with Gasteiger partial charge in [-0.1, -0.05) is 48.5 Å². The van der Waals surface area contributed by atoms with E-state index in [1.165, 1.54) is 5.57 Å². The van der Waals surface area contributed by atoms with Crippen molar-refractivity contribution in [2.75, 3.05) is 19.7 Å². The first-order chi connectivity index (χ1) is 15.2. The van der Waals surface area contributed by atoms with Gasteiger partial charge >= 0.3 is 17.9 Å². The molecule has 1 atom stereocenters. The third-order valence-corrected chi connectivity index (χ3v) is 4.21. The van der Waals surface area contributed by atoms with Crippen LogP contribution in [-0.2, 0) is 14.4 Å². The van der Waals surface area contributed by atoms with Gasteiger partial charge in [0.05, 0.1) is 6.10 Å². The SMILES string of the molecule is C/C=C(\CCNCC(O)c1ccccc1)c1ccc(OCC(=O)O)cc1.O=C(O)C(=O)O. The van der Waals surface area contributed by atoms with E-state index in [0.29, 0.717) is 12.3 Å². The highest BCUT2D eigenvalue weighted by atomic mass is 16.5. The van der Waals surface area contributed by atoms with Crippen LogP contribution in [0.2, 0.25) is 0 Å². The summed E-state index contributed by atoms with van der Waals surface area (Å²) in [4.78, 5) is 28.7. The number of rotatable bonds is 10. The fourth-order valence-electron chi connectivity index (χ4n) is 2.62. The molecule has 9 heteroatoms. The first-order valence-electron chi connectivity index (χ1n) is 9.74. The first kappa shape index (κ1) is 26.3. The molecule has 2 aromatic carbocycles. The Balaban J connectivity index is 0.000000751. The highest BCUT2D eigenvalue weighted by Gasteiger charge is 2.07. The number of hydrogen-bond donors (Lipinski definition) is 5. The molecule has 0 amide bonds. The summed E-state index contributed by atoms with van der Waals surface area (Å²) in [5, 5.41) is 36.8. The van der Waals surface area contributed by atoms with Gasteiger partial charge in [0.25, 0.3) is 0 Å². The van der Waals surface area contributed by atoms with E-state index in [-0.39, 0.29) is 6.61 Å². The van der Waals surface area contributed by atoms with Crippen LogP contribution in [0.3, 0.4) is 0 Å². The number of benzene rings is 2. The van der Waals surface area contributed by atoms with E-state index in [4.69, 9.17) is 29.6 Å². The molecule has 2 aromatic rings. The van der Waals surface area contributed by atoms with E-state index >= 15 is 0 Å². The molecular formula is C23H27NO8. The van der Waals surface area contributed by atoms with Crippen molar-refractivity contribution in [1.29, 1.82) is 0 Å². The molecule has 5 N–H and O–H groups in total. The third kappa shape index (κ3) is 10.4. The number of hydrogen-bond acceptors (Lipinski definition) is 6. The van der Waals surface area contributed by atoms with Gasteiger partial charge in [-0.2, -0.15) is 0 Å². The van der Waals surface area contributed by atoms with Gasteiger partial charge in [-0.25, -0.2) is 14.4 Å². The zero-order valence-corrected chi connectivity index (χ0v) is 17.6. The second-order valence-corrected chi connectivity index (χ2v) is 6.51. The molecule has 0 aliphatic heterocycles. The molecule has 1 unspecified atom stereocenters. The van der Waals surface area contributed by atoms with Gasteiger partial charge in [-0.3, -0.25) is 0 Å². The highest BCUT2D eigenvalue weighted by Crippen LogP contribution is 2.21. The van der Waals surface area contributed by atoms with Crippen LogP contribution in [0.1, 0.15) is 30.6 Å². The lowest BCUT2D eigenvalue weighted by Crippen LogP contribution is -2.22. The van der Waals surface area contributed by atoms with Crippen LogP contribution in [0, 0.1) is 0 Å². The van der Waals surface area contributed by atoms with Gasteiger partial charge in [0, 0.05) is 6.54 Å². The Kier molecular flexibility index (Phi) is 11.8. The van der Waals surface area contributed by atoms with Crippen LogP contribution >= 0.6 is 0 Å². The zero-order chi connectivity index (χ0) is 23.9. The van der Waals surface area contributed by atoms with E-state index in [2.05, 4.69) is 11.4 Å². The summed E-state index contributed by atoms with van der Waals surface area (Å²) in [5.41, 5.74) is 3.15. The van der Waals surface area contributed by atoms with Crippen molar-refractivity contribution < 1.29 is 39.5 Å². The maximum atomic E-state index is 10.5. The first-order valence-corrected chi connectivity index (χ1v) is 9.74. The highest BCUT2D eigenvalue weighted by molar-refractivity contribution is 6.27. The van der Waals surface area contributed by atoms with Gasteiger partial charge in [0.2, 0.25) is 0 Å². The van der Waals surface area contributed by atoms with Crippen LogP contribution in [0.15, 0.2) is 60.7 Å². The Morgan fingerprint density at radius 2 is 1.56 bits per heavy atom. The topological polar surface area (TPSA) is 153 Å². The minimum Gasteiger partial charge on any atom is -0.482 e. The largest absolute Gasteiger partial charge is 0.482 e. The van der Waals surface area contributed by atoms with Gasteiger partial charge in [0.15, 0.2) is 6.61 Å². The van der Waals surface area contributed by atoms with E-state index in [9.17, 15) is 9.90 Å². The average Bonchev–Trinajstić information content (AvgIpc) is 2.79. The fourth-order valence-corrected chi connectivity index (χ4v) is 2.62. The maximum absolute atomic E-state index is 10.5. The molecule has 0 aromatic heterocycles. The standard InChI is InChI=1S/C21H25NO4.C2H2O4/c1-2-16(17-8-10-19(11-9-17)26-15-21(24)25)12-13-22-14-20(23)18-6-4-3-5-7-18;3-1(4)2(5)6/h2-11,20,22-23H,12-15H2,1H3,(H,24,25);(H,3,4)(H,5,6)/b16-2+;. The van der Waals surface area contributed by atoms with Crippen LogP contribution in [0.5, 0.6) is 5.75 Å². The number of aliphatic hydroxyl groups excluding tert-OH is 1. The van der Waals surface area contributed by atoms with Crippen LogP contribution < -0.4 is 10.1 Å². The second kappa shape index (κ2) is 14.3. The molecule has 0 fully saturated rings. The average molecular weight is 445 g/mol. The summed E-state index contributed by atoms with van der Waals surface area (Å²) >= 11 is 0. The van der Waals surface area contributed by atoms with Crippen molar-refractivity contribution in [3.05, 3.63) is 71.8 Å². The number of nitrogens with one attached hydrogen (secondary N) is 1. The lowest BCUT2D eigenvalue weighted by Gasteiger charge is -2.13. The number of allylic oxidation sites excluding steroid dienone is 1. The summed E-state index contributed by atoms with van der Waals surface area (Å²) < 4.78 is 5.14. The van der Waals surface area contributed by atoms with Crippen molar-refractivity contribution in [1.82, 2.24) is 5.32 Å². The molecule has 0 radical (unpaired) electrons. The Hall–Kier alpha value is -3.69. The Bertz CT molecular complexity index is 882. The van der Waals surface area contributed by atoms with Gasteiger partial charge in [-0.05, 0) is 48.7 Å². The molecule has 0 spiro atoms. The zero-order valence-electron chi connectivity index (χ0n) is 17.6. The molecule has 0 bridgehead atoms. The maximum Gasteiger partial charge on any atom is 0.414 e. The Morgan fingerprint density at radius 1 is 0.969 bits per heavy atom. The monoisotopic (exact) mass is 445 g/mol. The second-order valence-electron chi connectivity index (χ2n) is 6.51. The molecular weight excluding hydrogens is 418 g/mol. The summed E-state index contributed by atoms with van der Waals surface area (Å²) in [6.45, 7) is 2.90. The van der Waals surface area contributed by atoms with Gasteiger partial charge in [0.1, 0.15) is 5.75 Å². The van der Waals surface area contributed by atoms with Gasteiger partial charge in [-0.15, -0.1) is 0 Å². The summed E-state index contributed by atoms with van der Waals surface area (Å²) in [6, 6.07) is 17.0. The predicted molar refractivity (Wildman–Crippen MR) is 117 cm³/mol. The van der Waals surface area contributed by atoms with Crippen LogP contribution in [-0.4, -0.2) is 58.0 Å². The number of aliphatic carboxylic acids is 3. The number of carbonyl (C=O) groups is 3. The molecule has 2 rings (SSSR count). The Labute approximate surface area is 185 Å². The minimum atomic E-state index is -1.82. The lowest BCUT2D eigenvalue weighted by atomic mass is 10.0. The van der Waals surface area contributed by atoms with E-state index in [1.54, 1.807) is 12.1 Å². The van der Waals surface area contributed by atoms with E-state index in [1.807, 2.05) is 49.4 Å². The minimum absolute atomic E-state index is 0.344. The molecule has 9 nitrogen and oxygen atoms in total. The Morgan fingerprint density at radius 3 is 2.06 bits per heavy atom. The molecule has 0 heterocycles. The van der Waals surface area contributed by atoms with E-state index in [0.717, 1.165) is 24.1 Å². The number of ether oxygens (including phenoxy) is 1. The van der Waals surface area contributed by atoms with Crippen molar-refractivity contribution in [3.63, 3.8) is 0 Å². The van der Waals surface area contributed by atoms with Crippen LogP contribution in [0.4, 0.5) is 0 Å². The summed E-state index contributed by atoms with van der Waals surface area (Å²) in [5.74, 6) is -4.10. The number of carboxylic acids is 3. The van der Waals surface area contributed by atoms with Crippen molar-refractivity contribution in [2.45, 2.75) is 19.4 Å². The molecule has 0 saturated carbocycles. The van der Waals surface area contributed by atoms with Gasteiger partial charge < -0.3 is 30.5 Å². The molecule has 0 aliphatic carbocycles. The van der Waals surface area contributed by atoms with Crippen molar-refractivity contribution in [3.8, 4) is 5.75 Å². The molecule has 32 heavy (non-hydrogen) atoms. The molecule has 0 saturated heterocycles. The summed E-state index contributed by atoms with van der Waals surface area (Å²) in [6.07, 6.45) is 2.37. The smallest absolute Gasteiger partial charge is 0.414 e. The quantitative estimate of drug-likeness (QED) is 0.274. The third-order valence-electron chi connectivity index (χ3n) is 4.21. The van der Waals surface area contributed by atoms with Crippen molar-refractivity contribution >= 4 is 23.5 Å². The summed E-state index contributed by atoms with van der Waals surface area (Å²) in [7, 11) is 0. The van der Waals surface area contributed by atoms with E-state index < -0.39 is 24.0 Å². The molecule has 0 aliphatic rings. The van der Waals surface area contributed by atoms with Crippen LogP contribution in [0.25, 0.3) is 5.57 Å². The normalized spacial score (nSPS) is 11.6. The lowest BCUT2D eigenvalue weighted by molar-refractivity contribution is -0.159. The fraction of sp³-hybridized carbons (Fsp3) is 0.261. The molecule has 172 valence electrons. The number of aliphatic hydroxyl groups is 1. The predicted octanol–water partition coefficient (Wildman–Crippen LogP) is 2.42. The van der Waals surface area contributed by atoms with Crippen molar-refractivity contribution in [2.24, 2.45) is 0 Å². The number of carboxylic acid groups (broad SMARTS) is 3.